The second-order valence-corrected chi connectivity index (χ2v) is 11.8. The molecule has 10 rings (SSSR count). The van der Waals surface area contributed by atoms with Crippen LogP contribution in [0.2, 0.25) is 0 Å². The van der Waals surface area contributed by atoms with E-state index in [0.29, 0.717) is 33.4 Å². The lowest BCUT2D eigenvalue weighted by Crippen LogP contribution is -1.93. The van der Waals surface area contributed by atoms with Gasteiger partial charge < -0.3 is 4.42 Å². The average molecular weight is 605 g/mol. The molecule has 0 amide bonds. The highest BCUT2D eigenvalue weighted by Crippen LogP contribution is 2.48. The monoisotopic (exact) mass is 604 g/mol. The Kier molecular flexibility index (Phi) is 4.19. The van der Waals surface area contributed by atoms with Gasteiger partial charge in [-0.2, -0.15) is 0 Å². The fraction of sp³-hybridized carbons (Fsp3) is 0. The summed E-state index contributed by atoms with van der Waals surface area (Å²) in [6, 6.07) is 36.0. The van der Waals surface area contributed by atoms with E-state index >= 15 is 0 Å². The normalized spacial score (nSPS) is 14.2. The number of furan rings is 1. The van der Waals surface area contributed by atoms with Gasteiger partial charge in [0.15, 0.2) is 0 Å². The van der Waals surface area contributed by atoms with E-state index in [-0.39, 0.29) is 45.7 Å². The highest BCUT2D eigenvalue weighted by Gasteiger charge is 2.21. The molecule has 1 heterocycles. The van der Waals surface area contributed by atoms with E-state index in [1.165, 1.54) is 0 Å². The molecule has 0 unspecified atom stereocenters. The summed E-state index contributed by atoms with van der Waals surface area (Å²) in [4.78, 5) is 0. The number of fused-ring (bicyclic) bond motifs is 8. The lowest BCUT2D eigenvalue weighted by atomic mass is 9.83. The third-order valence-corrected chi connectivity index (χ3v) is 9.29. The Morgan fingerprint density at radius 3 is 1.74 bits per heavy atom. The molecule has 0 fully saturated rings. The number of rotatable bonds is 3. The van der Waals surface area contributed by atoms with Crippen LogP contribution in [0, 0.1) is 0 Å². The minimum Gasteiger partial charge on any atom is -0.455 e. The van der Waals surface area contributed by atoms with E-state index < -0.39 is 24.2 Å². The van der Waals surface area contributed by atoms with Gasteiger partial charge in [-0.05, 0) is 83.0 Å². The van der Waals surface area contributed by atoms with Gasteiger partial charge >= 0.3 is 0 Å². The molecule has 0 aliphatic carbocycles. The molecule has 0 bridgehead atoms. The molecule has 0 aliphatic heterocycles. The lowest BCUT2D eigenvalue weighted by molar-refractivity contribution is 0.670. The van der Waals surface area contributed by atoms with Gasteiger partial charge in [-0.15, -0.1) is 0 Å². The van der Waals surface area contributed by atoms with Crippen molar-refractivity contribution >= 4 is 65.0 Å². The quantitative estimate of drug-likeness (QED) is 0.183. The molecule has 1 aromatic heterocycles. The number of para-hydroxylation sites is 1. The smallest absolute Gasteiger partial charge is 0.143 e. The molecule has 1 heteroatoms. The van der Waals surface area contributed by atoms with Crippen molar-refractivity contribution < 1.29 is 15.4 Å². The van der Waals surface area contributed by atoms with Crippen LogP contribution in [-0.2, 0) is 0 Å². The number of hydrogen-bond acceptors (Lipinski definition) is 1. The van der Waals surface area contributed by atoms with Gasteiger partial charge in [-0.3, -0.25) is 0 Å². The van der Waals surface area contributed by atoms with Gasteiger partial charge in [0.05, 0.1) is 11.0 Å². The molecule has 0 saturated heterocycles. The molecule has 0 atom stereocenters. The van der Waals surface area contributed by atoms with Gasteiger partial charge in [0, 0.05) is 16.3 Å². The van der Waals surface area contributed by atoms with Crippen LogP contribution in [0.25, 0.3) is 98.4 Å². The van der Waals surface area contributed by atoms with Crippen LogP contribution >= 0.6 is 0 Å². The molecule has 218 valence electrons. The summed E-state index contributed by atoms with van der Waals surface area (Å²) in [5, 5.41) is 6.55. The summed E-state index contributed by atoms with van der Waals surface area (Å²) < 4.78 is 79.8. The fourth-order valence-corrected chi connectivity index (χ4v) is 7.24. The first kappa shape index (κ1) is 19.4. The van der Waals surface area contributed by atoms with Gasteiger partial charge in [-0.25, -0.2) is 0 Å². The van der Waals surface area contributed by atoms with Crippen LogP contribution < -0.4 is 0 Å². The third kappa shape index (κ3) is 3.90. The largest absolute Gasteiger partial charge is 0.455 e. The first-order valence-corrected chi connectivity index (χ1v) is 15.5. The van der Waals surface area contributed by atoms with Gasteiger partial charge in [-0.1, -0.05) is 158 Å². The molecule has 9 aromatic carbocycles. The third-order valence-electron chi connectivity index (χ3n) is 9.29. The SMILES string of the molecule is [2H]c1c([2H])c([2H])c2c(-c3ccccc3-c3cccc4c3oc3ccc5ccccc5c34)c3c([2H])c([2H])c([2H])c([2H])c3c(-c3ccc4ccccc4c3)c2c1[2H]. The Labute approximate surface area is 283 Å². The Morgan fingerprint density at radius 1 is 0.404 bits per heavy atom. The summed E-state index contributed by atoms with van der Waals surface area (Å²) in [7, 11) is 0. The van der Waals surface area contributed by atoms with Crippen molar-refractivity contribution in [3.63, 3.8) is 0 Å². The van der Waals surface area contributed by atoms with Crippen LogP contribution in [0.1, 0.15) is 11.0 Å². The molecule has 0 saturated carbocycles. The van der Waals surface area contributed by atoms with Crippen LogP contribution in [0.3, 0.4) is 0 Å². The summed E-state index contributed by atoms with van der Waals surface area (Å²) in [5.74, 6) is 0. The van der Waals surface area contributed by atoms with E-state index in [0.717, 1.165) is 43.5 Å². The minimum absolute atomic E-state index is 0.168. The maximum Gasteiger partial charge on any atom is 0.143 e. The van der Waals surface area contributed by atoms with E-state index in [1.807, 2.05) is 109 Å². The van der Waals surface area contributed by atoms with Crippen molar-refractivity contribution in [3.05, 3.63) is 170 Å². The van der Waals surface area contributed by atoms with E-state index in [1.54, 1.807) is 0 Å². The molecule has 47 heavy (non-hydrogen) atoms. The Morgan fingerprint density at radius 2 is 0.979 bits per heavy atom. The van der Waals surface area contributed by atoms with Crippen LogP contribution in [0.15, 0.2) is 174 Å². The standard InChI is InChI=1S/C46H28O/c1-2-14-31-28-32(25-24-29(31)12-1)43-36-18-7-9-20-38(36)44(39-21-10-8-19-37(39)43)35-17-6-5-16-34(35)40-22-11-23-41-45-33-15-4-3-13-30(33)26-27-42(45)47-46(40)41/h1-28H/i7D,8D,9D,10D,18D,19D,20D,21D. The predicted octanol–water partition coefficient (Wildman–Crippen LogP) is 13.2. The first-order chi connectivity index (χ1) is 26.7. The lowest BCUT2D eigenvalue weighted by Gasteiger charge is -2.20. The zero-order valence-electron chi connectivity index (χ0n) is 33.0. The topological polar surface area (TPSA) is 13.1 Å². The highest BCUT2D eigenvalue weighted by molar-refractivity contribution is 6.24. The molecule has 1 nitrogen and oxygen atoms in total. The molecule has 0 N–H and O–H groups in total. The van der Waals surface area contributed by atoms with Crippen LogP contribution in [0.5, 0.6) is 0 Å². The van der Waals surface area contributed by atoms with Crippen molar-refractivity contribution in [2.24, 2.45) is 0 Å². The molecule has 0 radical (unpaired) electrons. The fourth-order valence-electron chi connectivity index (χ4n) is 7.24. The number of hydrogen-bond donors (Lipinski definition) is 0. The van der Waals surface area contributed by atoms with Gasteiger partial charge in [0.2, 0.25) is 0 Å². The Bertz CT molecular complexity index is 3230. The van der Waals surface area contributed by atoms with Crippen molar-refractivity contribution in [1.82, 2.24) is 0 Å². The van der Waals surface area contributed by atoms with Crippen LogP contribution in [-0.4, -0.2) is 0 Å². The number of benzene rings is 9. The summed E-state index contributed by atoms with van der Waals surface area (Å²) >= 11 is 0. The average Bonchev–Trinajstić information content (AvgIpc) is 3.62. The maximum absolute atomic E-state index is 9.46. The zero-order chi connectivity index (χ0) is 37.9. The van der Waals surface area contributed by atoms with Gasteiger partial charge in [0.25, 0.3) is 0 Å². The van der Waals surface area contributed by atoms with E-state index in [4.69, 9.17) is 9.90 Å². The molecule has 0 aliphatic rings. The Balaban J connectivity index is 1.41. The minimum atomic E-state index is -0.438. The summed E-state index contributed by atoms with van der Waals surface area (Å²) in [5.41, 5.74) is 4.49. The van der Waals surface area contributed by atoms with Crippen molar-refractivity contribution in [2.45, 2.75) is 0 Å². The second kappa shape index (κ2) is 10.2. The second-order valence-electron chi connectivity index (χ2n) is 11.8. The Hall–Kier alpha value is -6.18. The van der Waals surface area contributed by atoms with E-state index in [9.17, 15) is 5.48 Å². The molecule has 10 aromatic rings. The van der Waals surface area contributed by atoms with Crippen molar-refractivity contribution in [3.8, 4) is 33.4 Å². The molecular formula is C46H28O. The molecule has 0 spiro atoms. The van der Waals surface area contributed by atoms with Gasteiger partial charge in [0.1, 0.15) is 11.2 Å². The van der Waals surface area contributed by atoms with E-state index in [2.05, 4.69) is 12.1 Å². The van der Waals surface area contributed by atoms with Crippen LogP contribution in [0.4, 0.5) is 0 Å². The zero-order valence-corrected chi connectivity index (χ0v) is 25.0. The van der Waals surface area contributed by atoms with Crippen molar-refractivity contribution in [1.29, 1.82) is 0 Å². The molecular weight excluding hydrogens is 569 g/mol. The summed E-state index contributed by atoms with van der Waals surface area (Å²) in [6.07, 6.45) is 0. The van der Waals surface area contributed by atoms with Crippen molar-refractivity contribution in [2.75, 3.05) is 0 Å². The summed E-state index contributed by atoms with van der Waals surface area (Å²) in [6.45, 7) is 0. The maximum atomic E-state index is 9.46. The highest BCUT2D eigenvalue weighted by atomic mass is 16.3. The first-order valence-electron chi connectivity index (χ1n) is 19.5. The predicted molar refractivity (Wildman–Crippen MR) is 200 cm³/mol.